The maximum absolute atomic E-state index is 12.5. The quantitative estimate of drug-likeness (QED) is 0.839. The lowest BCUT2D eigenvalue weighted by atomic mass is 9.95. The zero-order valence-electron chi connectivity index (χ0n) is 14.3. The number of nitrogens with one attached hydrogen (secondary N) is 1. The largest absolute Gasteiger partial charge is 0.350 e. The van der Waals surface area contributed by atoms with Crippen molar-refractivity contribution in [3.05, 3.63) is 11.9 Å². The molecule has 1 aromatic rings. The lowest BCUT2D eigenvalue weighted by Gasteiger charge is -2.36. The monoisotopic (exact) mass is 336 g/mol. The zero-order chi connectivity index (χ0) is 16.2. The first-order valence-electron chi connectivity index (χ1n) is 8.75. The first-order valence-corrected chi connectivity index (χ1v) is 9.98. The standard InChI is InChI=1S/C17H28N4OS/c1-20-15(11-19-17(20)23-2)10-18-16(22)13-6-5-9-21(12-13)14-7-3-4-8-14/h11,13-14H,3-10,12H2,1-2H3,(H,18,22)/t13-/m0/s1. The van der Waals surface area contributed by atoms with Gasteiger partial charge in [-0.15, -0.1) is 0 Å². The highest BCUT2D eigenvalue weighted by molar-refractivity contribution is 7.98. The van der Waals surface area contributed by atoms with Gasteiger partial charge in [0, 0.05) is 19.6 Å². The number of nitrogens with zero attached hydrogens (tertiary/aromatic N) is 3. The van der Waals surface area contributed by atoms with Gasteiger partial charge < -0.3 is 9.88 Å². The summed E-state index contributed by atoms with van der Waals surface area (Å²) in [4.78, 5) is 19.5. The minimum Gasteiger partial charge on any atom is -0.350 e. The molecule has 0 bridgehead atoms. The van der Waals surface area contributed by atoms with Crippen LogP contribution in [0.4, 0.5) is 0 Å². The number of hydrogen-bond acceptors (Lipinski definition) is 4. The summed E-state index contributed by atoms with van der Waals surface area (Å²) in [6.07, 6.45) is 11.4. The Balaban J connectivity index is 1.52. The third-order valence-corrected chi connectivity index (χ3v) is 6.08. The number of imidazole rings is 1. The van der Waals surface area contributed by atoms with Crippen molar-refractivity contribution in [2.24, 2.45) is 13.0 Å². The summed E-state index contributed by atoms with van der Waals surface area (Å²) >= 11 is 1.63. The van der Waals surface area contributed by atoms with Gasteiger partial charge in [-0.3, -0.25) is 9.69 Å². The number of carbonyl (C=O) groups excluding carboxylic acids is 1. The van der Waals surface area contributed by atoms with Gasteiger partial charge in [-0.25, -0.2) is 4.98 Å². The summed E-state index contributed by atoms with van der Waals surface area (Å²) < 4.78 is 2.05. The maximum atomic E-state index is 12.5. The molecule has 1 saturated heterocycles. The van der Waals surface area contributed by atoms with E-state index in [1.807, 2.05) is 19.5 Å². The fourth-order valence-electron chi connectivity index (χ4n) is 3.92. The van der Waals surface area contributed by atoms with Gasteiger partial charge in [0.05, 0.1) is 24.4 Å². The van der Waals surface area contributed by atoms with Crippen molar-refractivity contribution < 1.29 is 4.79 Å². The molecule has 1 aromatic heterocycles. The van der Waals surface area contributed by atoms with E-state index in [0.717, 1.165) is 36.3 Å². The number of hydrogen-bond donors (Lipinski definition) is 1. The van der Waals surface area contributed by atoms with Gasteiger partial charge in [-0.2, -0.15) is 0 Å². The van der Waals surface area contributed by atoms with Gasteiger partial charge in [-0.1, -0.05) is 24.6 Å². The van der Waals surface area contributed by atoms with Crippen molar-refractivity contribution in [3.8, 4) is 0 Å². The molecule has 0 unspecified atom stereocenters. The lowest BCUT2D eigenvalue weighted by Crippen LogP contribution is -2.46. The number of thioether (sulfide) groups is 1. The minimum atomic E-state index is 0.151. The van der Waals surface area contributed by atoms with E-state index in [0.29, 0.717) is 6.54 Å². The average molecular weight is 337 g/mol. The van der Waals surface area contributed by atoms with Crippen LogP contribution in [0, 0.1) is 5.92 Å². The number of aromatic nitrogens is 2. The van der Waals surface area contributed by atoms with E-state index in [4.69, 9.17) is 0 Å². The second-order valence-corrected chi connectivity index (χ2v) is 7.56. The Morgan fingerprint density at radius 2 is 2.13 bits per heavy atom. The molecule has 0 radical (unpaired) electrons. The second kappa shape index (κ2) is 7.71. The molecule has 23 heavy (non-hydrogen) atoms. The minimum absolute atomic E-state index is 0.151. The Labute approximate surface area is 143 Å². The van der Waals surface area contributed by atoms with E-state index < -0.39 is 0 Å². The summed E-state index contributed by atoms with van der Waals surface area (Å²) in [6.45, 7) is 2.69. The van der Waals surface area contributed by atoms with Gasteiger partial charge in [0.2, 0.25) is 5.91 Å². The van der Waals surface area contributed by atoms with Crippen molar-refractivity contribution >= 4 is 17.7 Å². The van der Waals surface area contributed by atoms with E-state index >= 15 is 0 Å². The van der Waals surface area contributed by atoms with Crippen LogP contribution in [-0.2, 0) is 18.4 Å². The van der Waals surface area contributed by atoms with E-state index in [9.17, 15) is 4.79 Å². The van der Waals surface area contributed by atoms with Crippen LogP contribution >= 0.6 is 11.8 Å². The van der Waals surface area contributed by atoms with Crippen molar-refractivity contribution in [2.75, 3.05) is 19.3 Å². The topological polar surface area (TPSA) is 50.2 Å². The molecule has 1 aliphatic carbocycles. The first kappa shape index (κ1) is 16.8. The fraction of sp³-hybridized carbons (Fsp3) is 0.765. The molecule has 1 N–H and O–H groups in total. The highest BCUT2D eigenvalue weighted by atomic mass is 32.2. The second-order valence-electron chi connectivity index (χ2n) is 6.79. The van der Waals surface area contributed by atoms with Crippen LogP contribution in [0.15, 0.2) is 11.4 Å². The number of amides is 1. The summed E-state index contributed by atoms with van der Waals surface area (Å²) in [7, 11) is 2.00. The smallest absolute Gasteiger partial charge is 0.224 e. The fourth-order valence-corrected chi connectivity index (χ4v) is 4.47. The van der Waals surface area contributed by atoms with Crippen molar-refractivity contribution in [2.45, 2.75) is 56.3 Å². The van der Waals surface area contributed by atoms with Crippen LogP contribution in [0.1, 0.15) is 44.2 Å². The third-order valence-electron chi connectivity index (χ3n) is 5.33. The SMILES string of the molecule is CSc1ncc(CNC(=O)[C@H]2CCCN(C3CCCC3)C2)n1C. The summed E-state index contributed by atoms with van der Waals surface area (Å²) in [5, 5.41) is 4.11. The predicted octanol–water partition coefficient (Wildman–Crippen LogP) is 2.41. The van der Waals surface area contributed by atoms with Crippen LogP contribution in [-0.4, -0.2) is 45.7 Å². The normalized spacial score (nSPS) is 23.3. The molecule has 2 heterocycles. The number of piperidine rings is 1. The highest BCUT2D eigenvalue weighted by Gasteiger charge is 2.30. The van der Waals surface area contributed by atoms with Crippen LogP contribution in [0.2, 0.25) is 0 Å². The molecule has 3 rings (SSSR count). The Kier molecular flexibility index (Phi) is 5.64. The molecular weight excluding hydrogens is 308 g/mol. The Hall–Kier alpha value is -1.01. The maximum Gasteiger partial charge on any atom is 0.224 e. The van der Waals surface area contributed by atoms with E-state index in [2.05, 4.69) is 19.8 Å². The zero-order valence-corrected chi connectivity index (χ0v) is 15.1. The Bertz CT molecular complexity index is 539. The Morgan fingerprint density at radius 1 is 1.35 bits per heavy atom. The molecule has 2 fully saturated rings. The van der Waals surface area contributed by atoms with Gasteiger partial charge in [0.15, 0.2) is 5.16 Å². The van der Waals surface area contributed by atoms with Gasteiger partial charge in [0.25, 0.3) is 0 Å². The van der Waals surface area contributed by atoms with Crippen LogP contribution < -0.4 is 5.32 Å². The van der Waals surface area contributed by atoms with E-state index in [1.165, 1.54) is 32.2 Å². The van der Waals surface area contributed by atoms with Gasteiger partial charge in [0.1, 0.15) is 0 Å². The van der Waals surface area contributed by atoms with Gasteiger partial charge >= 0.3 is 0 Å². The molecule has 1 aliphatic heterocycles. The third kappa shape index (κ3) is 3.91. The molecule has 0 aromatic carbocycles. The van der Waals surface area contributed by atoms with Crippen molar-refractivity contribution in [1.29, 1.82) is 0 Å². The molecule has 2 aliphatic rings. The van der Waals surface area contributed by atoms with Crippen LogP contribution in [0.25, 0.3) is 0 Å². The van der Waals surface area contributed by atoms with Crippen molar-refractivity contribution in [3.63, 3.8) is 0 Å². The summed E-state index contributed by atoms with van der Waals surface area (Å²) in [6, 6.07) is 0.729. The Morgan fingerprint density at radius 3 is 2.83 bits per heavy atom. The van der Waals surface area contributed by atoms with E-state index in [-0.39, 0.29) is 11.8 Å². The molecule has 0 spiro atoms. The molecule has 6 heteroatoms. The molecule has 1 atom stereocenters. The molecule has 128 valence electrons. The molecular formula is C17H28N4OS. The lowest BCUT2D eigenvalue weighted by molar-refractivity contribution is -0.127. The van der Waals surface area contributed by atoms with Crippen LogP contribution in [0.3, 0.4) is 0 Å². The molecule has 1 saturated carbocycles. The van der Waals surface area contributed by atoms with E-state index in [1.54, 1.807) is 11.8 Å². The summed E-state index contributed by atoms with van der Waals surface area (Å²) in [5.74, 6) is 0.359. The molecule has 1 amide bonds. The number of carbonyl (C=O) groups is 1. The first-order chi connectivity index (χ1) is 11.2. The number of rotatable bonds is 5. The predicted molar refractivity (Wildman–Crippen MR) is 93.4 cm³/mol. The van der Waals surface area contributed by atoms with Crippen LogP contribution in [0.5, 0.6) is 0 Å². The molecule has 5 nitrogen and oxygen atoms in total. The number of likely N-dealkylation sites (tertiary alicyclic amines) is 1. The average Bonchev–Trinajstić information content (AvgIpc) is 3.23. The summed E-state index contributed by atoms with van der Waals surface area (Å²) in [5.41, 5.74) is 1.06. The highest BCUT2D eigenvalue weighted by Crippen LogP contribution is 2.28. The van der Waals surface area contributed by atoms with Crippen molar-refractivity contribution in [1.82, 2.24) is 19.8 Å². The van der Waals surface area contributed by atoms with Gasteiger partial charge in [-0.05, 0) is 38.5 Å².